The summed E-state index contributed by atoms with van der Waals surface area (Å²) in [6.45, 7) is 4.27. The fourth-order valence-electron chi connectivity index (χ4n) is 1.84. The standard InChI is InChI=1S/C17H25NO4/c1-2-11-21-13-14-22-12-9-17(20)18-16-7-5-15(6-8-16)4-3-10-19/h5-8,10H,2-4,9,11-14H2,1H3,(H,18,20). The van der Waals surface area contributed by atoms with Crippen molar-refractivity contribution < 1.29 is 19.1 Å². The number of nitrogens with one attached hydrogen (secondary N) is 1. The number of hydrogen-bond acceptors (Lipinski definition) is 4. The number of aldehydes is 1. The molecule has 1 N–H and O–H groups in total. The Kier molecular flexibility index (Phi) is 9.90. The van der Waals surface area contributed by atoms with E-state index in [0.717, 1.165) is 37.0 Å². The van der Waals surface area contributed by atoms with Crippen LogP contribution in [0.1, 0.15) is 31.7 Å². The van der Waals surface area contributed by atoms with E-state index in [9.17, 15) is 9.59 Å². The van der Waals surface area contributed by atoms with Crippen LogP contribution >= 0.6 is 0 Å². The zero-order chi connectivity index (χ0) is 16.0. The lowest BCUT2D eigenvalue weighted by molar-refractivity contribution is -0.117. The molecule has 0 saturated carbocycles. The summed E-state index contributed by atoms with van der Waals surface area (Å²) in [5.74, 6) is -0.0740. The van der Waals surface area contributed by atoms with Gasteiger partial charge in [0.05, 0.1) is 26.2 Å². The molecule has 1 aromatic carbocycles. The Morgan fingerprint density at radius 3 is 2.41 bits per heavy atom. The van der Waals surface area contributed by atoms with Crippen LogP contribution in [0.25, 0.3) is 0 Å². The molecule has 0 bridgehead atoms. The zero-order valence-corrected chi connectivity index (χ0v) is 13.2. The van der Waals surface area contributed by atoms with Crippen LogP contribution in [-0.4, -0.2) is 38.6 Å². The number of hydrogen-bond donors (Lipinski definition) is 1. The summed E-state index contributed by atoms with van der Waals surface area (Å²) in [5.41, 5.74) is 1.84. The molecule has 0 radical (unpaired) electrons. The Balaban J connectivity index is 2.15. The number of amides is 1. The molecule has 0 saturated heterocycles. The maximum Gasteiger partial charge on any atom is 0.226 e. The molecule has 22 heavy (non-hydrogen) atoms. The normalized spacial score (nSPS) is 10.4. The first-order chi connectivity index (χ1) is 10.8. The van der Waals surface area contributed by atoms with Gasteiger partial charge in [0, 0.05) is 18.7 Å². The molecule has 1 amide bonds. The van der Waals surface area contributed by atoms with Gasteiger partial charge < -0.3 is 19.6 Å². The highest BCUT2D eigenvalue weighted by Crippen LogP contribution is 2.11. The lowest BCUT2D eigenvalue weighted by atomic mass is 10.1. The van der Waals surface area contributed by atoms with Gasteiger partial charge in [0.15, 0.2) is 0 Å². The van der Waals surface area contributed by atoms with Crippen LogP contribution in [0, 0.1) is 0 Å². The largest absolute Gasteiger partial charge is 0.379 e. The van der Waals surface area contributed by atoms with Crippen molar-refractivity contribution in [1.82, 2.24) is 0 Å². The molecular weight excluding hydrogens is 282 g/mol. The molecule has 0 fully saturated rings. The molecule has 0 aliphatic carbocycles. The molecule has 5 heteroatoms. The third-order valence-electron chi connectivity index (χ3n) is 2.98. The van der Waals surface area contributed by atoms with Crippen LogP contribution in [0.15, 0.2) is 24.3 Å². The van der Waals surface area contributed by atoms with Crippen LogP contribution in [0.4, 0.5) is 5.69 Å². The van der Waals surface area contributed by atoms with E-state index in [0.29, 0.717) is 32.7 Å². The number of anilines is 1. The van der Waals surface area contributed by atoms with Gasteiger partial charge in [0.1, 0.15) is 6.29 Å². The minimum Gasteiger partial charge on any atom is -0.379 e. The topological polar surface area (TPSA) is 64.6 Å². The second kappa shape index (κ2) is 11.9. The first-order valence-corrected chi connectivity index (χ1v) is 7.74. The zero-order valence-electron chi connectivity index (χ0n) is 13.2. The Hall–Kier alpha value is -1.72. The Morgan fingerprint density at radius 1 is 1.09 bits per heavy atom. The van der Waals surface area contributed by atoms with Crippen molar-refractivity contribution in [3.63, 3.8) is 0 Å². The molecular formula is C17H25NO4. The van der Waals surface area contributed by atoms with Gasteiger partial charge in [-0.05, 0) is 30.5 Å². The Morgan fingerprint density at radius 2 is 1.77 bits per heavy atom. The highest BCUT2D eigenvalue weighted by molar-refractivity contribution is 5.90. The van der Waals surface area contributed by atoms with E-state index >= 15 is 0 Å². The lowest BCUT2D eigenvalue weighted by Gasteiger charge is -2.07. The van der Waals surface area contributed by atoms with Gasteiger partial charge in [-0.1, -0.05) is 19.1 Å². The number of ether oxygens (including phenoxy) is 2. The number of rotatable bonds is 12. The average molecular weight is 307 g/mol. The molecule has 122 valence electrons. The fraction of sp³-hybridized carbons (Fsp3) is 0.529. The molecule has 0 aliphatic heterocycles. The molecule has 1 aromatic rings. The highest BCUT2D eigenvalue weighted by atomic mass is 16.5. The quantitative estimate of drug-likeness (QED) is 0.476. The Bertz CT molecular complexity index is 431. The first kappa shape index (κ1) is 18.3. The van der Waals surface area contributed by atoms with Crippen LogP contribution in [0.2, 0.25) is 0 Å². The number of carbonyl (C=O) groups is 2. The molecule has 0 aliphatic rings. The molecule has 0 atom stereocenters. The summed E-state index contributed by atoms with van der Waals surface area (Å²) >= 11 is 0. The van der Waals surface area contributed by atoms with Crippen molar-refractivity contribution in [3.05, 3.63) is 29.8 Å². The van der Waals surface area contributed by atoms with Crippen LogP contribution in [0.3, 0.4) is 0 Å². The van der Waals surface area contributed by atoms with E-state index in [2.05, 4.69) is 12.2 Å². The average Bonchev–Trinajstić information content (AvgIpc) is 2.53. The highest BCUT2D eigenvalue weighted by Gasteiger charge is 2.02. The number of benzene rings is 1. The Labute approximate surface area is 132 Å². The number of aryl methyl sites for hydroxylation is 1. The monoisotopic (exact) mass is 307 g/mol. The summed E-state index contributed by atoms with van der Waals surface area (Å²) in [7, 11) is 0. The van der Waals surface area contributed by atoms with Gasteiger partial charge in [-0.2, -0.15) is 0 Å². The van der Waals surface area contributed by atoms with Gasteiger partial charge in [0.2, 0.25) is 5.91 Å². The SMILES string of the molecule is CCCOCCOCCC(=O)Nc1ccc(CCC=O)cc1. The third kappa shape index (κ3) is 8.54. The van der Waals surface area contributed by atoms with Gasteiger partial charge in [-0.3, -0.25) is 4.79 Å². The second-order valence-electron chi connectivity index (χ2n) is 4.93. The lowest BCUT2D eigenvalue weighted by Crippen LogP contribution is -2.15. The van der Waals surface area contributed by atoms with E-state index in [4.69, 9.17) is 9.47 Å². The van der Waals surface area contributed by atoms with E-state index in [1.165, 1.54) is 0 Å². The summed E-state index contributed by atoms with van der Waals surface area (Å²) in [6.07, 6.45) is 3.47. The maximum atomic E-state index is 11.7. The van der Waals surface area contributed by atoms with Crippen molar-refractivity contribution >= 4 is 17.9 Å². The van der Waals surface area contributed by atoms with Crippen molar-refractivity contribution in [3.8, 4) is 0 Å². The molecule has 0 heterocycles. The van der Waals surface area contributed by atoms with Crippen molar-refractivity contribution in [2.24, 2.45) is 0 Å². The first-order valence-electron chi connectivity index (χ1n) is 7.74. The van der Waals surface area contributed by atoms with Gasteiger partial charge in [-0.25, -0.2) is 0 Å². The summed E-state index contributed by atoms with van der Waals surface area (Å²) < 4.78 is 10.6. The smallest absolute Gasteiger partial charge is 0.226 e. The van der Waals surface area contributed by atoms with Gasteiger partial charge in [-0.15, -0.1) is 0 Å². The third-order valence-corrected chi connectivity index (χ3v) is 2.98. The van der Waals surface area contributed by atoms with Crippen LogP contribution in [-0.2, 0) is 25.5 Å². The maximum absolute atomic E-state index is 11.7. The van der Waals surface area contributed by atoms with Crippen LogP contribution < -0.4 is 5.32 Å². The molecule has 0 spiro atoms. The fourth-order valence-corrected chi connectivity index (χ4v) is 1.84. The minimum atomic E-state index is -0.0740. The van der Waals surface area contributed by atoms with Crippen molar-refractivity contribution in [2.45, 2.75) is 32.6 Å². The molecule has 0 unspecified atom stereocenters. The van der Waals surface area contributed by atoms with Gasteiger partial charge >= 0.3 is 0 Å². The molecule has 1 rings (SSSR count). The number of carbonyl (C=O) groups excluding carboxylic acids is 2. The molecule has 0 aromatic heterocycles. The minimum absolute atomic E-state index is 0.0740. The van der Waals surface area contributed by atoms with E-state index in [1.807, 2.05) is 24.3 Å². The summed E-state index contributed by atoms with van der Waals surface area (Å²) in [4.78, 5) is 22.0. The second-order valence-corrected chi connectivity index (χ2v) is 4.93. The molecule has 5 nitrogen and oxygen atoms in total. The van der Waals surface area contributed by atoms with Crippen molar-refractivity contribution in [1.29, 1.82) is 0 Å². The van der Waals surface area contributed by atoms with Gasteiger partial charge in [0.25, 0.3) is 0 Å². The van der Waals surface area contributed by atoms with E-state index in [-0.39, 0.29) is 5.91 Å². The van der Waals surface area contributed by atoms with Crippen molar-refractivity contribution in [2.75, 3.05) is 31.7 Å². The van der Waals surface area contributed by atoms with Crippen LogP contribution in [0.5, 0.6) is 0 Å². The predicted molar refractivity (Wildman–Crippen MR) is 86.0 cm³/mol. The summed E-state index contributed by atoms with van der Waals surface area (Å²) in [5, 5.41) is 2.82. The van der Waals surface area contributed by atoms with E-state index in [1.54, 1.807) is 0 Å². The predicted octanol–water partition coefficient (Wildman–Crippen LogP) is 2.59. The summed E-state index contributed by atoms with van der Waals surface area (Å²) in [6, 6.07) is 7.52. The van der Waals surface area contributed by atoms with E-state index < -0.39 is 0 Å².